The van der Waals surface area contributed by atoms with Crippen LogP contribution in [0.25, 0.3) is 0 Å². The Labute approximate surface area is 72.4 Å². The van der Waals surface area contributed by atoms with Gasteiger partial charge < -0.3 is 9.47 Å². The molecule has 0 N–H and O–H groups in total. The molecule has 0 aliphatic carbocycles. The normalized spacial score (nSPS) is 22.2. The van der Waals surface area contributed by atoms with E-state index in [0.717, 1.165) is 18.6 Å². The van der Waals surface area contributed by atoms with Crippen molar-refractivity contribution in [2.45, 2.75) is 26.4 Å². The van der Waals surface area contributed by atoms with E-state index in [4.69, 9.17) is 9.47 Å². The molecule has 0 bridgehead atoms. The molecule has 0 aromatic rings. The zero-order valence-electron chi connectivity index (χ0n) is 7.50. The van der Waals surface area contributed by atoms with Gasteiger partial charge >= 0.3 is 5.97 Å². The van der Waals surface area contributed by atoms with Gasteiger partial charge in [0.1, 0.15) is 12.7 Å². The Hall–Kier alpha value is -0.830. The molecule has 1 rings (SSSR count). The summed E-state index contributed by atoms with van der Waals surface area (Å²) in [4.78, 5) is 11.2. The zero-order chi connectivity index (χ0) is 8.97. The number of epoxide rings is 1. The largest absolute Gasteiger partial charge is 0.459 e. The van der Waals surface area contributed by atoms with E-state index in [9.17, 15) is 4.79 Å². The van der Waals surface area contributed by atoms with E-state index in [-0.39, 0.29) is 12.1 Å². The molecule has 1 aliphatic rings. The first-order valence-electron chi connectivity index (χ1n) is 4.21. The van der Waals surface area contributed by atoms with Crippen LogP contribution in [0.15, 0.2) is 11.6 Å². The molecule has 1 unspecified atom stereocenters. The van der Waals surface area contributed by atoms with Gasteiger partial charge in [-0.15, -0.1) is 0 Å². The van der Waals surface area contributed by atoms with Gasteiger partial charge in [-0.1, -0.05) is 13.0 Å². The summed E-state index contributed by atoms with van der Waals surface area (Å²) in [6.45, 7) is 4.90. The number of rotatable bonds is 4. The molecular weight excluding hydrogens is 156 g/mol. The molecule has 0 spiro atoms. The Morgan fingerprint density at radius 2 is 2.42 bits per heavy atom. The SMILES string of the molecule is C/C=C(\CC)C(=O)OCC1CO1. The average Bonchev–Trinajstić information content (AvgIpc) is 2.86. The lowest BCUT2D eigenvalue weighted by atomic mass is 10.2. The second-order valence-corrected chi connectivity index (χ2v) is 2.72. The van der Waals surface area contributed by atoms with Crippen LogP contribution in [-0.2, 0) is 14.3 Å². The van der Waals surface area contributed by atoms with E-state index in [0.29, 0.717) is 6.61 Å². The Bertz CT molecular complexity index is 192. The van der Waals surface area contributed by atoms with Crippen molar-refractivity contribution in [3.63, 3.8) is 0 Å². The zero-order valence-corrected chi connectivity index (χ0v) is 7.50. The van der Waals surface area contributed by atoms with E-state index in [1.165, 1.54) is 0 Å². The maximum atomic E-state index is 11.2. The summed E-state index contributed by atoms with van der Waals surface area (Å²) in [7, 11) is 0. The summed E-state index contributed by atoms with van der Waals surface area (Å²) in [5.74, 6) is -0.212. The van der Waals surface area contributed by atoms with Gasteiger partial charge in [-0.3, -0.25) is 0 Å². The van der Waals surface area contributed by atoms with Crippen LogP contribution in [-0.4, -0.2) is 25.3 Å². The number of hydrogen-bond donors (Lipinski definition) is 0. The van der Waals surface area contributed by atoms with Crippen molar-refractivity contribution in [3.8, 4) is 0 Å². The third-order valence-electron chi connectivity index (χ3n) is 1.79. The fourth-order valence-corrected chi connectivity index (χ4v) is 0.892. The minimum absolute atomic E-state index is 0.156. The van der Waals surface area contributed by atoms with Gasteiger partial charge in [0.05, 0.1) is 6.61 Å². The first-order chi connectivity index (χ1) is 5.77. The fraction of sp³-hybridized carbons (Fsp3) is 0.667. The molecule has 0 saturated carbocycles. The van der Waals surface area contributed by atoms with Crippen LogP contribution in [0, 0.1) is 0 Å². The predicted octanol–water partition coefficient (Wildman–Crippen LogP) is 1.28. The first-order valence-corrected chi connectivity index (χ1v) is 4.21. The molecule has 1 saturated heterocycles. The minimum Gasteiger partial charge on any atom is -0.459 e. The summed E-state index contributed by atoms with van der Waals surface area (Å²) in [6.07, 6.45) is 2.67. The number of allylic oxidation sites excluding steroid dienone is 1. The summed E-state index contributed by atoms with van der Waals surface area (Å²) in [5.41, 5.74) is 0.732. The quantitative estimate of drug-likeness (QED) is 0.362. The van der Waals surface area contributed by atoms with Gasteiger partial charge in [0.25, 0.3) is 0 Å². The Balaban J connectivity index is 2.24. The molecule has 12 heavy (non-hydrogen) atoms. The average molecular weight is 170 g/mol. The lowest BCUT2D eigenvalue weighted by molar-refractivity contribution is -0.139. The van der Waals surface area contributed by atoms with Crippen molar-refractivity contribution >= 4 is 5.97 Å². The van der Waals surface area contributed by atoms with E-state index in [2.05, 4.69) is 0 Å². The van der Waals surface area contributed by atoms with Crippen molar-refractivity contribution in [1.29, 1.82) is 0 Å². The maximum Gasteiger partial charge on any atom is 0.333 e. The summed E-state index contributed by atoms with van der Waals surface area (Å²) in [5, 5.41) is 0. The number of esters is 1. The summed E-state index contributed by atoms with van der Waals surface area (Å²) >= 11 is 0. The highest BCUT2D eigenvalue weighted by atomic mass is 16.6. The Morgan fingerprint density at radius 3 is 2.83 bits per heavy atom. The number of ether oxygens (including phenoxy) is 2. The van der Waals surface area contributed by atoms with E-state index in [1.54, 1.807) is 6.08 Å². The minimum atomic E-state index is -0.212. The topological polar surface area (TPSA) is 38.8 Å². The predicted molar refractivity (Wildman–Crippen MR) is 44.7 cm³/mol. The summed E-state index contributed by atoms with van der Waals surface area (Å²) < 4.78 is 9.89. The molecule has 0 aromatic carbocycles. The number of hydrogen-bond acceptors (Lipinski definition) is 3. The number of carbonyl (C=O) groups is 1. The molecule has 0 radical (unpaired) electrons. The highest BCUT2D eigenvalue weighted by Gasteiger charge is 2.24. The van der Waals surface area contributed by atoms with Crippen LogP contribution >= 0.6 is 0 Å². The third kappa shape index (κ3) is 2.66. The van der Waals surface area contributed by atoms with Crippen molar-refractivity contribution in [2.75, 3.05) is 13.2 Å². The van der Waals surface area contributed by atoms with Crippen LogP contribution in [0.4, 0.5) is 0 Å². The molecule has 68 valence electrons. The molecule has 3 heteroatoms. The van der Waals surface area contributed by atoms with Gasteiger partial charge in [-0.2, -0.15) is 0 Å². The van der Waals surface area contributed by atoms with E-state index < -0.39 is 0 Å². The van der Waals surface area contributed by atoms with Gasteiger partial charge in [0.15, 0.2) is 0 Å². The van der Waals surface area contributed by atoms with Crippen LogP contribution in [0.3, 0.4) is 0 Å². The third-order valence-corrected chi connectivity index (χ3v) is 1.79. The van der Waals surface area contributed by atoms with Crippen LogP contribution < -0.4 is 0 Å². The fourth-order valence-electron chi connectivity index (χ4n) is 0.892. The molecule has 1 aliphatic heterocycles. The van der Waals surface area contributed by atoms with Gasteiger partial charge in [0.2, 0.25) is 0 Å². The maximum absolute atomic E-state index is 11.2. The van der Waals surface area contributed by atoms with Crippen molar-refractivity contribution in [3.05, 3.63) is 11.6 Å². The van der Waals surface area contributed by atoms with Gasteiger partial charge in [0, 0.05) is 5.57 Å². The molecule has 1 fully saturated rings. The van der Waals surface area contributed by atoms with E-state index >= 15 is 0 Å². The summed E-state index contributed by atoms with van der Waals surface area (Å²) in [6, 6.07) is 0. The standard InChI is InChI=1S/C9H14O3/c1-3-7(4-2)9(10)12-6-8-5-11-8/h3,8H,4-6H2,1-2H3/b7-3+. The lowest BCUT2D eigenvalue weighted by Gasteiger charge is -2.03. The Kier molecular flexibility index (Phi) is 3.29. The second kappa shape index (κ2) is 4.26. The van der Waals surface area contributed by atoms with E-state index in [1.807, 2.05) is 13.8 Å². The highest BCUT2D eigenvalue weighted by Crippen LogP contribution is 2.10. The lowest BCUT2D eigenvalue weighted by Crippen LogP contribution is -2.11. The van der Waals surface area contributed by atoms with Crippen molar-refractivity contribution in [2.24, 2.45) is 0 Å². The van der Waals surface area contributed by atoms with Crippen molar-refractivity contribution in [1.82, 2.24) is 0 Å². The molecule has 0 amide bonds. The smallest absolute Gasteiger partial charge is 0.333 e. The van der Waals surface area contributed by atoms with Crippen LogP contribution in [0.1, 0.15) is 20.3 Å². The van der Waals surface area contributed by atoms with Gasteiger partial charge in [-0.25, -0.2) is 4.79 Å². The molecule has 3 nitrogen and oxygen atoms in total. The molecule has 0 aromatic heterocycles. The molecule has 1 heterocycles. The van der Waals surface area contributed by atoms with Crippen molar-refractivity contribution < 1.29 is 14.3 Å². The van der Waals surface area contributed by atoms with Crippen LogP contribution in [0.2, 0.25) is 0 Å². The molecular formula is C9H14O3. The van der Waals surface area contributed by atoms with Crippen LogP contribution in [0.5, 0.6) is 0 Å². The van der Waals surface area contributed by atoms with Gasteiger partial charge in [-0.05, 0) is 13.3 Å². The first kappa shape index (κ1) is 9.26. The highest BCUT2D eigenvalue weighted by molar-refractivity contribution is 5.88. The molecule has 1 atom stereocenters. The Morgan fingerprint density at radius 1 is 1.75 bits per heavy atom. The second-order valence-electron chi connectivity index (χ2n) is 2.72. The number of carbonyl (C=O) groups excluding carboxylic acids is 1. The monoisotopic (exact) mass is 170 g/mol.